The van der Waals surface area contributed by atoms with Gasteiger partial charge in [-0.25, -0.2) is 10.2 Å². The lowest BCUT2D eigenvalue weighted by Gasteiger charge is -2.22. The van der Waals surface area contributed by atoms with Gasteiger partial charge in [-0.1, -0.05) is 37.5 Å². The highest BCUT2D eigenvalue weighted by Crippen LogP contribution is 2.27. The zero-order valence-corrected chi connectivity index (χ0v) is 17.3. The summed E-state index contributed by atoms with van der Waals surface area (Å²) in [5.74, 6) is 2.01. The fourth-order valence-electron chi connectivity index (χ4n) is 3.34. The Morgan fingerprint density at radius 3 is 2.57 bits per heavy atom. The number of methoxy groups -OCH3 is 1. The van der Waals surface area contributed by atoms with Gasteiger partial charge in [-0.05, 0) is 48.7 Å². The van der Waals surface area contributed by atoms with E-state index in [1.165, 1.54) is 19.3 Å². The van der Waals surface area contributed by atoms with Crippen molar-refractivity contribution in [3.05, 3.63) is 54.1 Å². The number of hydrogen-bond acceptors (Lipinski definition) is 5. The number of hydrazone groups is 1. The van der Waals surface area contributed by atoms with Gasteiger partial charge in [0.2, 0.25) is 0 Å². The lowest BCUT2D eigenvalue weighted by atomic mass is 9.96. The summed E-state index contributed by atoms with van der Waals surface area (Å²) < 4.78 is 16.8. The van der Waals surface area contributed by atoms with Crippen LogP contribution >= 0.6 is 0 Å². The summed E-state index contributed by atoms with van der Waals surface area (Å²) in [7, 11) is 1.58. The van der Waals surface area contributed by atoms with Crippen molar-refractivity contribution in [1.82, 2.24) is 10.7 Å². The van der Waals surface area contributed by atoms with Crippen LogP contribution in [0.5, 0.6) is 17.2 Å². The van der Waals surface area contributed by atoms with Crippen LogP contribution in [-0.4, -0.2) is 38.6 Å². The number of benzene rings is 2. The second kappa shape index (κ2) is 11.7. The van der Waals surface area contributed by atoms with E-state index in [1.54, 1.807) is 19.4 Å². The molecule has 7 nitrogen and oxygen atoms in total. The van der Waals surface area contributed by atoms with E-state index in [1.807, 2.05) is 42.5 Å². The molecule has 0 spiro atoms. The number of carbonyl (C=O) groups excluding carboxylic acids is 1. The number of nitrogens with zero attached hydrogens (tertiary/aromatic N) is 1. The van der Waals surface area contributed by atoms with Gasteiger partial charge in [0.15, 0.2) is 11.5 Å². The third kappa shape index (κ3) is 6.99. The molecule has 2 amide bonds. The summed E-state index contributed by atoms with van der Waals surface area (Å²) in [5, 5.41) is 6.97. The zero-order chi connectivity index (χ0) is 21.0. The molecule has 30 heavy (non-hydrogen) atoms. The number of urea groups is 1. The van der Waals surface area contributed by atoms with Gasteiger partial charge < -0.3 is 19.5 Å². The van der Waals surface area contributed by atoms with Crippen LogP contribution < -0.4 is 25.0 Å². The molecule has 0 unspecified atom stereocenters. The van der Waals surface area contributed by atoms with Crippen molar-refractivity contribution in [2.75, 3.05) is 20.3 Å². The average Bonchev–Trinajstić information content (AvgIpc) is 2.78. The molecule has 2 aromatic rings. The van der Waals surface area contributed by atoms with Crippen LogP contribution in [0.4, 0.5) is 4.79 Å². The van der Waals surface area contributed by atoms with E-state index in [2.05, 4.69) is 15.8 Å². The van der Waals surface area contributed by atoms with E-state index >= 15 is 0 Å². The molecule has 1 fully saturated rings. The molecule has 0 aromatic heterocycles. The molecule has 0 heterocycles. The topological polar surface area (TPSA) is 81.2 Å². The first-order valence-electron chi connectivity index (χ1n) is 10.3. The minimum absolute atomic E-state index is 0.247. The lowest BCUT2D eigenvalue weighted by molar-refractivity contribution is 0.211. The number of amides is 2. The number of para-hydroxylation sites is 1. The molecule has 1 saturated carbocycles. The molecule has 0 bridgehead atoms. The third-order valence-electron chi connectivity index (χ3n) is 4.86. The van der Waals surface area contributed by atoms with Crippen molar-refractivity contribution >= 4 is 12.2 Å². The van der Waals surface area contributed by atoms with Gasteiger partial charge in [-0.3, -0.25) is 0 Å². The highest BCUT2D eigenvalue weighted by molar-refractivity contribution is 5.82. The van der Waals surface area contributed by atoms with Gasteiger partial charge in [-0.15, -0.1) is 0 Å². The highest BCUT2D eigenvalue weighted by atomic mass is 16.5. The molecular weight excluding hydrogens is 382 g/mol. The zero-order valence-electron chi connectivity index (χ0n) is 17.3. The number of ether oxygens (including phenoxy) is 3. The second-order valence-corrected chi connectivity index (χ2v) is 7.10. The molecule has 0 radical (unpaired) electrons. The number of nitrogens with one attached hydrogen (secondary N) is 2. The summed E-state index contributed by atoms with van der Waals surface area (Å²) in [6, 6.07) is 15.0. The number of hydrogen-bond donors (Lipinski definition) is 2. The normalized spacial score (nSPS) is 14.3. The molecule has 2 N–H and O–H groups in total. The molecular formula is C23H29N3O4. The van der Waals surface area contributed by atoms with E-state index < -0.39 is 0 Å². The quantitative estimate of drug-likeness (QED) is 0.369. The Balaban J connectivity index is 1.44. The maximum absolute atomic E-state index is 11.9. The minimum Gasteiger partial charge on any atom is -0.493 e. The highest BCUT2D eigenvalue weighted by Gasteiger charge is 2.15. The molecule has 1 aliphatic carbocycles. The molecule has 0 atom stereocenters. The van der Waals surface area contributed by atoms with Crippen LogP contribution in [-0.2, 0) is 0 Å². The van der Waals surface area contributed by atoms with E-state index in [-0.39, 0.29) is 12.1 Å². The first kappa shape index (κ1) is 21.5. The van der Waals surface area contributed by atoms with Crippen LogP contribution in [0.1, 0.15) is 37.7 Å². The standard InChI is InChI=1S/C23H29N3O4/c1-28-22-16-18(17-24-26-23(27)25-19-8-4-2-5-9-19)12-13-21(22)30-15-14-29-20-10-6-3-7-11-20/h3,6-7,10-13,16-17,19H,2,4-5,8-9,14-15H2,1H3,(H2,25,26,27)/b24-17-. The van der Waals surface area contributed by atoms with E-state index in [0.717, 1.165) is 24.2 Å². The van der Waals surface area contributed by atoms with Gasteiger partial charge in [0, 0.05) is 6.04 Å². The third-order valence-corrected chi connectivity index (χ3v) is 4.86. The molecule has 7 heteroatoms. The monoisotopic (exact) mass is 411 g/mol. The summed E-state index contributed by atoms with van der Waals surface area (Å²) in [4.78, 5) is 11.9. The van der Waals surface area contributed by atoms with E-state index in [0.29, 0.717) is 24.7 Å². The van der Waals surface area contributed by atoms with Gasteiger partial charge in [-0.2, -0.15) is 5.10 Å². The summed E-state index contributed by atoms with van der Waals surface area (Å²) in [6.45, 7) is 0.817. The van der Waals surface area contributed by atoms with Crippen molar-refractivity contribution in [1.29, 1.82) is 0 Å². The summed E-state index contributed by atoms with van der Waals surface area (Å²) in [6.07, 6.45) is 7.23. The smallest absolute Gasteiger partial charge is 0.335 e. The first-order valence-corrected chi connectivity index (χ1v) is 10.3. The molecule has 3 rings (SSSR count). The second-order valence-electron chi connectivity index (χ2n) is 7.10. The van der Waals surface area contributed by atoms with Gasteiger partial charge >= 0.3 is 6.03 Å². The van der Waals surface area contributed by atoms with Crippen LogP contribution in [0.3, 0.4) is 0 Å². The molecule has 160 valence electrons. The van der Waals surface area contributed by atoms with Crippen molar-refractivity contribution in [2.45, 2.75) is 38.1 Å². The van der Waals surface area contributed by atoms with Crippen molar-refractivity contribution in [3.63, 3.8) is 0 Å². The summed E-state index contributed by atoms with van der Waals surface area (Å²) >= 11 is 0. The van der Waals surface area contributed by atoms with Crippen molar-refractivity contribution < 1.29 is 19.0 Å². The fourth-order valence-corrected chi connectivity index (χ4v) is 3.34. The Bertz CT molecular complexity index is 820. The van der Waals surface area contributed by atoms with Crippen LogP contribution in [0.15, 0.2) is 53.6 Å². The van der Waals surface area contributed by atoms with Gasteiger partial charge in [0.05, 0.1) is 13.3 Å². The predicted molar refractivity (Wildman–Crippen MR) is 117 cm³/mol. The van der Waals surface area contributed by atoms with Crippen molar-refractivity contribution in [3.8, 4) is 17.2 Å². The fraction of sp³-hybridized carbons (Fsp3) is 0.391. The van der Waals surface area contributed by atoms with E-state index in [9.17, 15) is 4.79 Å². The van der Waals surface area contributed by atoms with Gasteiger partial charge in [0.25, 0.3) is 0 Å². The first-order chi connectivity index (χ1) is 14.7. The maximum Gasteiger partial charge on any atom is 0.335 e. The van der Waals surface area contributed by atoms with Crippen LogP contribution in [0, 0.1) is 0 Å². The Morgan fingerprint density at radius 1 is 1.03 bits per heavy atom. The van der Waals surface area contributed by atoms with Crippen molar-refractivity contribution in [2.24, 2.45) is 5.10 Å². The number of carbonyl (C=O) groups is 1. The molecule has 0 aliphatic heterocycles. The summed E-state index contributed by atoms with van der Waals surface area (Å²) in [5.41, 5.74) is 3.31. The predicted octanol–water partition coefficient (Wildman–Crippen LogP) is 4.12. The minimum atomic E-state index is -0.275. The maximum atomic E-state index is 11.9. The van der Waals surface area contributed by atoms with Crippen LogP contribution in [0.25, 0.3) is 0 Å². The number of rotatable bonds is 9. The lowest BCUT2D eigenvalue weighted by Crippen LogP contribution is -2.41. The molecule has 1 aliphatic rings. The Labute approximate surface area is 177 Å². The Kier molecular flexibility index (Phi) is 8.38. The molecule has 2 aromatic carbocycles. The Morgan fingerprint density at radius 2 is 1.80 bits per heavy atom. The molecule has 0 saturated heterocycles. The Hall–Kier alpha value is -3.22. The van der Waals surface area contributed by atoms with E-state index in [4.69, 9.17) is 14.2 Å². The van der Waals surface area contributed by atoms with Crippen LogP contribution in [0.2, 0.25) is 0 Å². The SMILES string of the molecule is COc1cc(/C=N\NC(=O)NC2CCCCC2)ccc1OCCOc1ccccc1. The average molecular weight is 412 g/mol. The van der Waals surface area contributed by atoms with Gasteiger partial charge in [0.1, 0.15) is 19.0 Å². The largest absolute Gasteiger partial charge is 0.493 e.